The number of carbonyl (C=O) groups is 3. The van der Waals surface area contributed by atoms with E-state index in [0.29, 0.717) is 13.0 Å². The molecule has 0 unspecified atom stereocenters. The maximum absolute atomic E-state index is 11.9. The highest BCUT2D eigenvalue weighted by Gasteiger charge is 2.21. The molecule has 0 radical (unpaired) electrons. The van der Waals surface area contributed by atoms with E-state index < -0.39 is 23.4 Å². The fourth-order valence-electron chi connectivity index (χ4n) is 1.76. The van der Waals surface area contributed by atoms with Gasteiger partial charge in [0, 0.05) is 13.0 Å². The average molecular weight is 402 g/mol. The summed E-state index contributed by atoms with van der Waals surface area (Å²) in [6.45, 7) is 16.4. The van der Waals surface area contributed by atoms with Crippen LogP contribution in [0.3, 0.4) is 0 Å². The number of unbranched alkanes of at least 4 members (excludes halogenated alkanes) is 2. The van der Waals surface area contributed by atoms with Crippen LogP contribution in [-0.4, -0.2) is 41.7 Å². The van der Waals surface area contributed by atoms with Gasteiger partial charge in [0.15, 0.2) is 0 Å². The molecular weight excluding hydrogens is 362 g/mol. The highest BCUT2D eigenvalue weighted by Crippen LogP contribution is 2.08. The SMILES string of the molecule is CC.CC(=O)CCCCCN=C(NC(=O)OC(C)(C)C)NC(=O)OC(C)(C)C. The maximum atomic E-state index is 11.9. The number of Topliss-reactive ketones (excluding diaryl/α,β-unsaturated/α-hetero) is 1. The predicted octanol–water partition coefficient (Wildman–Crippen LogP) is 4.57. The Labute approximate surface area is 169 Å². The summed E-state index contributed by atoms with van der Waals surface area (Å²) in [5.41, 5.74) is -1.35. The Balaban J connectivity index is 0. The molecule has 0 aliphatic heterocycles. The van der Waals surface area contributed by atoms with Crippen molar-refractivity contribution in [1.29, 1.82) is 0 Å². The Kier molecular flexibility index (Phi) is 14.0. The Morgan fingerprint density at radius 2 is 1.21 bits per heavy atom. The molecule has 0 fully saturated rings. The summed E-state index contributed by atoms with van der Waals surface area (Å²) >= 11 is 0. The number of rotatable bonds is 6. The summed E-state index contributed by atoms with van der Waals surface area (Å²) in [4.78, 5) is 38.9. The second-order valence-electron chi connectivity index (χ2n) is 8.00. The molecule has 0 atom stereocenters. The van der Waals surface area contributed by atoms with Crippen molar-refractivity contribution in [2.75, 3.05) is 6.54 Å². The van der Waals surface area contributed by atoms with Gasteiger partial charge in [-0.15, -0.1) is 0 Å². The third kappa shape index (κ3) is 20.2. The van der Waals surface area contributed by atoms with Gasteiger partial charge in [-0.1, -0.05) is 20.3 Å². The quantitative estimate of drug-likeness (QED) is 0.385. The summed E-state index contributed by atoms with van der Waals surface area (Å²) in [7, 11) is 0. The number of aliphatic imine (C=N–C) groups is 1. The number of nitrogens with zero attached hydrogens (tertiary/aromatic N) is 1. The zero-order valence-corrected chi connectivity index (χ0v) is 19.0. The van der Waals surface area contributed by atoms with E-state index in [4.69, 9.17) is 9.47 Å². The number of hydrogen-bond donors (Lipinski definition) is 2. The van der Waals surface area contributed by atoms with Gasteiger partial charge in [0.1, 0.15) is 17.0 Å². The van der Waals surface area contributed by atoms with Gasteiger partial charge >= 0.3 is 12.2 Å². The van der Waals surface area contributed by atoms with E-state index in [1.807, 2.05) is 13.8 Å². The van der Waals surface area contributed by atoms with Gasteiger partial charge in [-0.25, -0.2) is 9.59 Å². The molecule has 0 aliphatic rings. The third-order valence-electron chi connectivity index (χ3n) is 2.70. The molecule has 28 heavy (non-hydrogen) atoms. The highest BCUT2D eigenvalue weighted by atomic mass is 16.6. The normalized spacial score (nSPS) is 10.8. The Morgan fingerprint density at radius 3 is 1.57 bits per heavy atom. The first kappa shape index (κ1) is 28.1. The van der Waals surface area contributed by atoms with E-state index in [2.05, 4.69) is 15.6 Å². The van der Waals surface area contributed by atoms with Gasteiger partial charge in [-0.2, -0.15) is 0 Å². The molecule has 0 aliphatic carbocycles. The number of amides is 2. The molecule has 2 amide bonds. The molecule has 0 bridgehead atoms. The summed E-state index contributed by atoms with van der Waals surface area (Å²) in [6.07, 6.45) is 1.45. The first-order valence-corrected chi connectivity index (χ1v) is 9.82. The van der Waals surface area contributed by atoms with E-state index >= 15 is 0 Å². The summed E-state index contributed by atoms with van der Waals surface area (Å²) in [5.74, 6) is 0.132. The van der Waals surface area contributed by atoms with Crippen LogP contribution in [-0.2, 0) is 14.3 Å². The van der Waals surface area contributed by atoms with Crippen LogP contribution in [0.5, 0.6) is 0 Å². The second-order valence-corrected chi connectivity index (χ2v) is 8.00. The van der Waals surface area contributed by atoms with Crippen molar-refractivity contribution in [3.63, 3.8) is 0 Å². The third-order valence-corrected chi connectivity index (χ3v) is 2.70. The zero-order valence-electron chi connectivity index (χ0n) is 19.0. The summed E-state index contributed by atoms with van der Waals surface area (Å²) in [5, 5.41) is 4.84. The number of guanidine groups is 1. The fraction of sp³-hybridized carbons (Fsp3) is 0.800. The minimum atomic E-state index is -0.719. The van der Waals surface area contributed by atoms with Crippen molar-refractivity contribution < 1.29 is 23.9 Å². The molecule has 0 aromatic rings. The molecule has 0 saturated carbocycles. The second kappa shape index (κ2) is 14.0. The number of ether oxygens (including phenoxy) is 2. The standard InChI is InChI=1S/C18H33N3O5.C2H6/c1-13(22)11-9-8-10-12-19-14(20-15(23)25-17(2,3)4)21-16(24)26-18(5,6)7;1-2/h8-12H2,1-7H3,(H2,19,20,21,23,24);1-2H3. The molecule has 164 valence electrons. The number of carbonyl (C=O) groups excluding carboxylic acids is 3. The van der Waals surface area contributed by atoms with E-state index in [0.717, 1.165) is 19.3 Å². The maximum Gasteiger partial charge on any atom is 0.414 e. The van der Waals surface area contributed by atoms with E-state index in [1.54, 1.807) is 48.5 Å². The minimum absolute atomic E-state index is 0.0277. The fourth-order valence-corrected chi connectivity index (χ4v) is 1.76. The van der Waals surface area contributed by atoms with Crippen molar-refractivity contribution in [1.82, 2.24) is 10.6 Å². The molecule has 0 rings (SSSR count). The molecule has 8 heteroatoms. The van der Waals surface area contributed by atoms with Crippen LogP contribution >= 0.6 is 0 Å². The van der Waals surface area contributed by atoms with Crippen LogP contribution < -0.4 is 10.6 Å². The topological polar surface area (TPSA) is 106 Å². The Morgan fingerprint density at radius 1 is 0.786 bits per heavy atom. The lowest BCUT2D eigenvalue weighted by Gasteiger charge is -2.22. The predicted molar refractivity (Wildman–Crippen MR) is 112 cm³/mol. The number of hydrogen-bond acceptors (Lipinski definition) is 6. The van der Waals surface area contributed by atoms with Crippen LogP contribution in [0.2, 0.25) is 0 Å². The van der Waals surface area contributed by atoms with Crippen LogP contribution in [0.4, 0.5) is 9.59 Å². The van der Waals surface area contributed by atoms with Crippen molar-refractivity contribution in [2.45, 2.75) is 99.2 Å². The lowest BCUT2D eigenvalue weighted by Crippen LogP contribution is -2.47. The lowest BCUT2D eigenvalue weighted by atomic mass is 10.1. The molecule has 2 N–H and O–H groups in total. The van der Waals surface area contributed by atoms with Crippen LogP contribution in [0.15, 0.2) is 4.99 Å². The average Bonchev–Trinajstić information content (AvgIpc) is 2.48. The van der Waals surface area contributed by atoms with E-state index in [1.165, 1.54) is 0 Å². The van der Waals surface area contributed by atoms with Crippen molar-refractivity contribution >= 4 is 23.9 Å². The van der Waals surface area contributed by atoms with E-state index in [9.17, 15) is 14.4 Å². The van der Waals surface area contributed by atoms with Gasteiger partial charge in [0.05, 0.1) is 0 Å². The molecule has 8 nitrogen and oxygen atoms in total. The van der Waals surface area contributed by atoms with Crippen LogP contribution in [0, 0.1) is 0 Å². The highest BCUT2D eigenvalue weighted by molar-refractivity contribution is 6.01. The summed E-state index contributed by atoms with van der Waals surface area (Å²) < 4.78 is 10.3. The minimum Gasteiger partial charge on any atom is -0.444 e. The Hall–Kier alpha value is -2.12. The molecular formula is C20H39N3O5. The van der Waals surface area contributed by atoms with Crippen molar-refractivity contribution in [3.8, 4) is 0 Å². The largest absolute Gasteiger partial charge is 0.444 e. The van der Waals surface area contributed by atoms with Gasteiger partial charge in [-0.3, -0.25) is 15.6 Å². The molecule has 0 heterocycles. The molecule has 0 spiro atoms. The van der Waals surface area contributed by atoms with Gasteiger partial charge in [-0.05, 0) is 61.3 Å². The van der Waals surface area contributed by atoms with Crippen LogP contribution in [0.1, 0.15) is 88.0 Å². The molecule has 0 aromatic carbocycles. The van der Waals surface area contributed by atoms with Crippen LogP contribution in [0.25, 0.3) is 0 Å². The Bertz CT molecular complexity index is 485. The molecule has 0 saturated heterocycles. The molecule has 0 aromatic heterocycles. The first-order chi connectivity index (χ1) is 12.8. The van der Waals surface area contributed by atoms with Gasteiger partial charge < -0.3 is 14.3 Å². The number of alkyl carbamates (subject to hydrolysis) is 2. The van der Waals surface area contributed by atoms with Gasteiger partial charge in [0.25, 0.3) is 0 Å². The smallest absolute Gasteiger partial charge is 0.414 e. The lowest BCUT2D eigenvalue weighted by molar-refractivity contribution is -0.117. The van der Waals surface area contributed by atoms with E-state index in [-0.39, 0.29) is 11.7 Å². The van der Waals surface area contributed by atoms with Gasteiger partial charge in [0.2, 0.25) is 5.96 Å². The first-order valence-electron chi connectivity index (χ1n) is 9.82. The monoisotopic (exact) mass is 401 g/mol. The summed E-state index contributed by atoms with van der Waals surface area (Å²) in [6, 6.07) is 0. The number of ketones is 1. The number of nitrogens with one attached hydrogen (secondary N) is 2. The zero-order chi connectivity index (χ0) is 22.4. The van der Waals surface area contributed by atoms with Crippen molar-refractivity contribution in [3.05, 3.63) is 0 Å². The van der Waals surface area contributed by atoms with Crippen molar-refractivity contribution in [2.24, 2.45) is 4.99 Å².